The molecule has 0 aromatic rings. The lowest BCUT2D eigenvalue weighted by atomic mass is 9.47. The molecule has 3 fully saturated rings. The van der Waals surface area contributed by atoms with Crippen molar-refractivity contribution in [3.8, 4) is 0 Å². The average Bonchev–Trinajstić information content (AvgIpc) is 3.10. The second kappa shape index (κ2) is 9.47. The van der Waals surface area contributed by atoms with Crippen molar-refractivity contribution in [1.29, 1.82) is 0 Å². The molecule has 8 atom stereocenters. The van der Waals surface area contributed by atoms with E-state index >= 15 is 0 Å². The fraction of sp³-hybridized carbons (Fsp3) is 0.897. The normalized spacial score (nSPS) is 40.7. The third kappa shape index (κ3) is 4.71. The van der Waals surface area contributed by atoms with Crippen LogP contribution in [0.15, 0.2) is 11.6 Å². The van der Waals surface area contributed by atoms with Gasteiger partial charge in [0.1, 0.15) is 6.10 Å². The molecule has 0 N–H and O–H groups in total. The monoisotopic (exact) mass is 482 g/mol. The van der Waals surface area contributed by atoms with Crippen molar-refractivity contribution >= 4 is 5.97 Å². The molecule has 0 heterocycles. The van der Waals surface area contributed by atoms with E-state index in [-0.39, 0.29) is 5.41 Å². The van der Waals surface area contributed by atoms with Crippen LogP contribution in [0.25, 0.3) is 0 Å². The van der Waals surface area contributed by atoms with Crippen molar-refractivity contribution < 1.29 is 22.7 Å². The number of halogens is 3. The topological polar surface area (TPSA) is 26.3 Å². The van der Waals surface area contributed by atoms with Crippen LogP contribution in [0.4, 0.5) is 13.2 Å². The summed E-state index contributed by atoms with van der Waals surface area (Å²) in [6.45, 7) is 12.1. The Bertz CT molecular complexity index is 787. The summed E-state index contributed by atoms with van der Waals surface area (Å²) in [5.74, 6) is 2.42. The molecule has 2 nitrogen and oxygen atoms in total. The zero-order valence-electron chi connectivity index (χ0n) is 21.8. The van der Waals surface area contributed by atoms with Crippen molar-refractivity contribution in [2.24, 2.45) is 46.3 Å². The summed E-state index contributed by atoms with van der Waals surface area (Å²) >= 11 is 0. The third-order valence-corrected chi connectivity index (χ3v) is 10.8. The van der Waals surface area contributed by atoms with Crippen molar-refractivity contribution in [1.82, 2.24) is 0 Å². The van der Waals surface area contributed by atoms with E-state index in [4.69, 9.17) is 4.74 Å². The van der Waals surface area contributed by atoms with Crippen LogP contribution in [0.2, 0.25) is 0 Å². The smallest absolute Gasteiger partial charge is 0.455 e. The highest BCUT2D eigenvalue weighted by Crippen LogP contribution is 2.67. The molecule has 4 aliphatic carbocycles. The van der Waals surface area contributed by atoms with Gasteiger partial charge in [-0.1, -0.05) is 65.5 Å². The first kappa shape index (κ1) is 26.1. The summed E-state index contributed by atoms with van der Waals surface area (Å²) in [5, 5.41) is 0. The molecule has 0 aromatic carbocycles. The first-order valence-electron chi connectivity index (χ1n) is 13.8. The largest absolute Gasteiger partial charge is 0.490 e. The van der Waals surface area contributed by atoms with E-state index in [1.807, 2.05) is 0 Å². The Hall–Kier alpha value is -1.00. The third-order valence-electron chi connectivity index (χ3n) is 10.8. The van der Waals surface area contributed by atoms with Crippen LogP contribution in [0.1, 0.15) is 105 Å². The van der Waals surface area contributed by atoms with Gasteiger partial charge in [0, 0.05) is 6.42 Å². The summed E-state index contributed by atoms with van der Waals surface area (Å²) < 4.78 is 42.9. The Morgan fingerprint density at radius 3 is 2.47 bits per heavy atom. The Labute approximate surface area is 204 Å². The van der Waals surface area contributed by atoms with Gasteiger partial charge in [0.15, 0.2) is 0 Å². The van der Waals surface area contributed by atoms with Gasteiger partial charge in [-0.15, -0.1) is 0 Å². The highest BCUT2D eigenvalue weighted by molar-refractivity contribution is 5.75. The Kier molecular flexibility index (Phi) is 7.26. The molecule has 0 saturated heterocycles. The SMILES string of the molecule is CC(C)CCC[C@@H](C)[C@H]1CC[C@H]2[C@@H]3CC=C4C[C@@H](OC(=O)C(F)(F)F)CC[C@]4(C)[C@H]3CC[C@]12C. The molecule has 0 unspecified atom stereocenters. The van der Waals surface area contributed by atoms with E-state index in [9.17, 15) is 18.0 Å². The van der Waals surface area contributed by atoms with Crippen LogP contribution in [0.3, 0.4) is 0 Å². The van der Waals surface area contributed by atoms with Crippen LogP contribution >= 0.6 is 0 Å². The maximum atomic E-state index is 12.7. The van der Waals surface area contributed by atoms with Crippen molar-refractivity contribution in [3.05, 3.63) is 11.6 Å². The van der Waals surface area contributed by atoms with E-state index in [0.717, 1.165) is 36.5 Å². The van der Waals surface area contributed by atoms with Crippen LogP contribution < -0.4 is 0 Å². The molecular formula is C29H45F3O2. The van der Waals surface area contributed by atoms with Gasteiger partial charge in [-0.3, -0.25) is 0 Å². The molecule has 0 aromatic heterocycles. The van der Waals surface area contributed by atoms with Crippen molar-refractivity contribution in [3.63, 3.8) is 0 Å². The maximum absolute atomic E-state index is 12.7. The highest BCUT2D eigenvalue weighted by atomic mass is 19.4. The number of ether oxygens (including phenoxy) is 1. The van der Waals surface area contributed by atoms with Gasteiger partial charge in [0.05, 0.1) is 0 Å². The number of hydrogen-bond donors (Lipinski definition) is 0. The van der Waals surface area contributed by atoms with Gasteiger partial charge >= 0.3 is 12.1 Å². The Morgan fingerprint density at radius 2 is 1.79 bits per heavy atom. The Balaban J connectivity index is 1.44. The van der Waals surface area contributed by atoms with Crippen molar-refractivity contribution in [2.75, 3.05) is 0 Å². The molecule has 194 valence electrons. The van der Waals surface area contributed by atoms with Gasteiger partial charge in [-0.2, -0.15) is 13.2 Å². The summed E-state index contributed by atoms with van der Waals surface area (Å²) in [5.41, 5.74) is 1.73. The predicted molar refractivity (Wildman–Crippen MR) is 129 cm³/mol. The van der Waals surface area contributed by atoms with Gasteiger partial charge in [-0.05, 0) is 91.3 Å². The fourth-order valence-corrected chi connectivity index (χ4v) is 8.97. The first-order valence-corrected chi connectivity index (χ1v) is 13.8. The highest BCUT2D eigenvalue weighted by Gasteiger charge is 2.59. The first-order chi connectivity index (χ1) is 15.9. The van der Waals surface area contributed by atoms with Crippen molar-refractivity contribution in [2.45, 2.75) is 118 Å². The van der Waals surface area contributed by atoms with Gasteiger partial charge in [0.25, 0.3) is 0 Å². The van der Waals surface area contributed by atoms with Gasteiger partial charge in [-0.25, -0.2) is 4.79 Å². The van der Waals surface area contributed by atoms with Gasteiger partial charge < -0.3 is 4.74 Å². The Morgan fingerprint density at radius 1 is 1.06 bits per heavy atom. The van der Waals surface area contributed by atoms with E-state index in [2.05, 4.69) is 40.7 Å². The molecule has 4 aliphatic rings. The molecule has 0 amide bonds. The maximum Gasteiger partial charge on any atom is 0.490 e. The number of esters is 1. The summed E-state index contributed by atoms with van der Waals surface area (Å²) in [7, 11) is 0. The van der Waals surface area contributed by atoms with E-state index in [0.29, 0.717) is 30.1 Å². The minimum absolute atomic E-state index is 0.0480. The van der Waals surface area contributed by atoms with Crippen LogP contribution in [-0.2, 0) is 9.53 Å². The molecule has 0 aliphatic heterocycles. The molecule has 0 radical (unpaired) electrons. The lowest BCUT2D eigenvalue weighted by Gasteiger charge is -2.58. The quantitative estimate of drug-likeness (QED) is 0.280. The molecule has 3 saturated carbocycles. The number of carbonyl (C=O) groups is 1. The van der Waals surface area contributed by atoms with Crippen LogP contribution in [-0.4, -0.2) is 18.2 Å². The summed E-state index contributed by atoms with van der Waals surface area (Å²) in [6.07, 6.45) is 8.89. The van der Waals surface area contributed by atoms with Gasteiger partial charge in [0.2, 0.25) is 0 Å². The number of rotatable bonds is 6. The molecule has 0 spiro atoms. The van der Waals surface area contributed by atoms with Crippen LogP contribution in [0.5, 0.6) is 0 Å². The second-order valence-corrected chi connectivity index (χ2v) is 13.1. The van der Waals surface area contributed by atoms with Crippen LogP contribution in [0, 0.1) is 46.3 Å². The molecule has 34 heavy (non-hydrogen) atoms. The molecule has 0 bridgehead atoms. The predicted octanol–water partition coefficient (Wildman–Crippen LogP) is 8.50. The second-order valence-electron chi connectivity index (χ2n) is 13.1. The zero-order valence-corrected chi connectivity index (χ0v) is 21.8. The standard InChI is InChI=1S/C29H45F3O2/c1-18(2)7-6-8-19(3)23-11-12-24-22-10-9-20-17-21(34-26(33)29(30,31)32)13-15-27(20,4)25(22)14-16-28(23,24)5/h9,18-19,21-25H,6-8,10-17H2,1-5H3/t19-,21+,22+,23-,24+,25+,27+,28-/m1/s1. The average molecular weight is 483 g/mol. The minimum atomic E-state index is -4.91. The molecule has 4 rings (SSSR count). The lowest BCUT2D eigenvalue weighted by Crippen LogP contribution is -2.51. The number of carbonyl (C=O) groups excluding carboxylic acids is 1. The minimum Gasteiger partial charge on any atom is -0.455 e. The molecule has 5 heteroatoms. The summed E-state index contributed by atoms with van der Waals surface area (Å²) in [6, 6.07) is 0. The zero-order chi connectivity index (χ0) is 24.9. The van der Waals surface area contributed by atoms with E-state index in [1.54, 1.807) is 0 Å². The summed E-state index contributed by atoms with van der Waals surface area (Å²) in [4.78, 5) is 11.4. The number of allylic oxidation sites excluding steroid dienone is 1. The van der Waals surface area contributed by atoms with E-state index in [1.165, 1.54) is 50.5 Å². The molecular weight excluding hydrogens is 437 g/mol. The number of fused-ring (bicyclic) bond motifs is 5. The number of alkyl halides is 3. The van der Waals surface area contributed by atoms with E-state index < -0.39 is 18.2 Å². The number of hydrogen-bond acceptors (Lipinski definition) is 2. The lowest BCUT2D eigenvalue weighted by molar-refractivity contribution is -0.206. The fourth-order valence-electron chi connectivity index (χ4n) is 8.97.